The van der Waals surface area contributed by atoms with Gasteiger partial charge in [0.1, 0.15) is 9.71 Å². The summed E-state index contributed by atoms with van der Waals surface area (Å²) in [5, 5.41) is 1.08. The van der Waals surface area contributed by atoms with Crippen molar-refractivity contribution in [3.63, 3.8) is 0 Å². The van der Waals surface area contributed by atoms with Crippen LogP contribution in [0.2, 0.25) is 0 Å². The van der Waals surface area contributed by atoms with Crippen LogP contribution in [0.15, 0.2) is 48.8 Å². The molecule has 1 aliphatic heterocycles. The third-order valence-corrected chi connectivity index (χ3v) is 7.35. The van der Waals surface area contributed by atoms with Crippen molar-refractivity contribution in [1.82, 2.24) is 14.5 Å². The minimum absolute atomic E-state index is 0.106. The van der Waals surface area contributed by atoms with E-state index in [1.54, 1.807) is 0 Å². The molecule has 0 spiro atoms. The Bertz CT molecular complexity index is 1300. The first-order chi connectivity index (χ1) is 15.4. The number of hydrogen-bond acceptors (Lipinski definition) is 4. The second-order valence-corrected chi connectivity index (χ2v) is 9.70. The van der Waals surface area contributed by atoms with Crippen molar-refractivity contribution in [3.8, 4) is 5.69 Å². The topological polar surface area (TPSA) is 41.4 Å². The molecule has 1 saturated heterocycles. The van der Waals surface area contributed by atoms with Crippen LogP contribution < -0.4 is 4.90 Å². The van der Waals surface area contributed by atoms with Gasteiger partial charge in [-0.2, -0.15) is 0 Å². The summed E-state index contributed by atoms with van der Waals surface area (Å²) in [6.45, 7) is 11.5. The molecular formula is C26H28N4OS. The van der Waals surface area contributed by atoms with E-state index in [1.807, 2.05) is 36.4 Å². The largest absolute Gasteiger partial charge is 0.368 e. The van der Waals surface area contributed by atoms with Gasteiger partial charge in [-0.05, 0) is 68.7 Å². The van der Waals surface area contributed by atoms with Crippen LogP contribution in [0.5, 0.6) is 0 Å². The number of rotatable bonds is 3. The van der Waals surface area contributed by atoms with Crippen molar-refractivity contribution in [2.75, 3.05) is 31.1 Å². The van der Waals surface area contributed by atoms with E-state index in [2.05, 4.69) is 54.5 Å². The summed E-state index contributed by atoms with van der Waals surface area (Å²) in [6.07, 6.45) is 4.02. The molecule has 5 nitrogen and oxygen atoms in total. The monoisotopic (exact) mass is 444 g/mol. The maximum atomic E-state index is 13.7. The quantitative estimate of drug-likeness (QED) is 0.432. The zero-order chi connectivity index (χ0) is 22.4. The lowest BCUT2D eigenvalue weighted by molar-refractivity contribution is 0.0751. The van der Waals surface area contributed by atoms with Crippen LogP contribution in [-0.2, 0) is 0 Å². The summed E-state index contributed by atoms with van der Waals surface area (Å²) in [4.78, 5) is 24.6. The molecule has 1 fully saturated rings. The maximum absolute atomic E-state index is 13.7. The molecule has 32 heavy (non-hydrogen) atoms. The number of amides is 1. The van der Waals surface area contributed by atoms with Crippen LogP contribution in [0.4, 0.5) is 5.69 Å². The molecule has 6 heteroatoms. The summed E-state index contributed by atoms with van der Waals surface area (Å²) in [5.41, 5.74) is 6.93. The van der Waals surface area contributed by atoms with Crippen LogP contribution in [0.25, 0.3) is 15.9 Å². The predicted molar refractivity (Wildman–Crippen MR) is 132 cm³/mol. The van der Waals surface area contributed by atoms with Crippen molar-refractivity contribution in [3.05, 3.63) is 76.1 Å². The average molecular weight is 445 g/mol. The highest BCUT2D eigenvalue weighted by molar-refractivity contribution is 7.21. The van der Waals surface area contributed by atoms with Gasteiger partial charge in [-0.15, -0.1) is 11.3 Å². The second-order valence-electron chi connectivity index (χ2n) is 8.70. The van der Waals surface area contributed by atoms with E-state index in [-0.39, 0.29) is 5.91 Å². The number of thiophene rings is 1. The van der Waals surface area contributed by atoms with E-state index in [4.69, 9.17) is 4.98 Å². The number of piperazine rings is 1. The zero-order valence-corrected chi connectivity index (χ0v) is 19.9. The van der Waals surface area contributed by atoms with E-state index in [0.29, 0.717) is 0 Å². The van der Waals surface area contributed by atoms with Gasteiger partial charge in [0.05, 0.1) is 5.69 Å². The average Bonchev–Trinajstić information content (AvgIpc) is 3.43. The Hall–Kier alpha value is -3.12. The van der Waals surface area contributed by atoms with Gasteiger partial charge in [-0.1, -0.05) is 12.1 Å². The predicted octanol–water partition coefficient (Wildman–Crippen LogP) is 5.28. The van der Waals surface area contributed by atoms with Crippen molar-refractivity contribution in [1.29, 1.82) is 0 Å². The Labute approximate surface area is 192 Å². The molecule has 0 bridgehead atoms. The highest BCUT2D eigenvalue weighted by atomic mass is 32.1. The minimum Gasteiger partial charge on any atom is -0.368 e. The van der Waals surface area contributed by atoms with Crippen molar-refractivity contribution in [2.45, 2.75) is 27.7 Å². The van der Waals surface area contributed by atoms with Crippen LogP contribution in [-0.4, -0.2) is 46.5 Å². The van der Waals surface area contributed by atoms with Gasteiger partial charge in [0.2, 0.25) is 0 Å². The molecule has 164 valence electrons. The minimum atomic E-state index is 0.106. The van der Waals surface area contributed by atoms with E-state index < -0.39 is 0 Å². The molecule has 4 aromatic rings. The first-order valence-corrected chi connectivity index (χ1v) is 11.9. The van der Waals surface area contributed by atoms with Crippen LogP contribution in [0.1, 0.15) is 32.1 Å². The molecule has 0 unspecified atom stereocenters. The zero-order valence-electron chi connectivity index (χ0n) is 19.1. The summed E-state index contributed by atoms with van der Waals surface area (Å²) in [6, 6.07) is 12.7. The molecule has 0 N–H and O–H groups in total. The molecule has 1 aromatic carbocycles. The van der Waals surface area contributed by atoms with E-state index in [0.717, 1.165) is 58.2 Å². The van der Waals surface area contributed by atoms with Crippen molar-refractivity contribution < 1.29 is 4.79 Å². The second kappa shape index (κ2) is 8.10. The van der Waals surface area contributed by atoms with Gasteiger partial charge in [0.25, 0.3) is 5.91 Å². The normalized spacial score (nSPS) is 14.4. The number of carbonyl (C=O) groups excluding carboxylic acids is 1. The molecule has 0 aliphatic carbocycles. The number of pyridine rings is 1. The number of carbonyl (C=O) groups is 1. The number of anilines is 1. The molecule has 0 atom stereocenters. The van der Waals surface area contributed by atoms with Gasteiger partial charge in [-0.3, -0.25) is 4.79 Å². The molecule has 1 aliphatic rings. The molecule has 1 amide bonds. The summed E-state index contributed by atoms with van der Waals surface area (Å²) in [7, 11) is 0. The van der Waals surface area contributed by atoms with E-state index >= 15 is 0 Å². The summed E-state index contributed by atoms with van der Waals surface area (Å²) in [5.74, 6) is 0.106. The fourth-order valence-corrected chi connectivity index (χ4v) is 5.92. The number of hydrogen-bond donors (Lipinski definition) is 0. The lowest BCUT2D eigenvalue weighted by Crippen LogP contribution is -2.49. The van der Waals surface area contributed by atoms with Gasteiger partial charge in [0.15, 0.2) is 0 Å². The number of aryl methyl sites for hydroxylation is 4. The molecule has 3 aromatic heterocycles. The van der Waals surface area contributed by atoms with Crippen LogP contribution >= 0.6 is 11.3 Å². The Morgan fingerprint density at radius 3 is 2.38 bits per heavy atom. The Morgan fingerprint density at radius 2 is 1.66 bits per heavy atom. The van der Waals surface area contributed by atoms with Gasteiger partial charge in [-0.25, -0.2) is 4.98 Å². The van der Waals surface area contributed by atoms with Gasteiger partial charge in [0, 0.05) is 55.3 Å². The maximum Gasteiger partial charge on any atom is 0.266 e. The number of benzene rings is 1. The highest BCUT2D eigenvalue weighted by Crippen LogP contribution is 2.37. The number of nitrogens with zero attached hydrogens (tertiary/aromatic N) is 4. The first kappa shape index (κ1) is 20.8. The van der Waals surface area contributed by atoms with E-state index in [1.165, 1.54) is 28.2 Å². The lowest BCUT2D eigenvalue weighted by atomic mass is 10.1. The number of fused-ring (bicyclic) bond motifs is 1. The van der Waals surface area contributed by atoms with Crippen molar-refractivity contribution in [2.24, 2.45) is 0 Å². The number of aromatic nitrogens is 2. The third kappa shape index (κ3) is 3.58. The van der Waals surface area contributed by atoms with E-state index in [9.17, 15) is 4.79 Å². The first-order valence-electron chi connectivity index (χ1n) is 11.1. The van der Waals surface area contributed by atoms with Crippen molar-refractivity contribution >= 4 is 33.1 Å². The Morgan fingerprint density at radius 1 is 0.938 bits per heavy atom. The highest BCUT2D eigenvalue weighted by Gasteiger charge is 2.28. The standard InChI is InChI=1S/C26H28N4OS/c1-17-7-8-18(2)21(15-17)28-11-13-30(14-12-28)26(31)24-23(29-9-5-6-10-29)22-19(3)16-20(4)27-25(22)32-24/h5-10,15-16H,11-14H2,1-4H3. The Balaban J connectivity index is 1.46. The van der Waals surface area contributed by atoms with Crippen LogP contribution in [0, 0.1) is 27.7 Å². The van der Waals surface area contributed by atoms with Gasteiger partial charge >= 0.3 is 0 Å². The third-order valence-electron chi connectivity index (χ3n) is 6.29. The fourth-order valence-electron chi connectivity index (χ4n) is 4.65. The molecule has 0 saturated carbocycles. The lowest BCUT2D eigenvalue weighted by Gasteiger charge is -2.37. The summed E-state index contributed by atoms with van der Waals surface area (Å²) >= 11 is 1.52. The molecule has 0 radical (unpaired) electrons. The molecular weight excluding hydrogens is 416 g/mol. The smallest absolute Gasteiger partial charge is 0.266 e. The SMILES string of the molecule is Cc1ccc(C)c(N2CCN(C(=O)c3sc4nc(C)cc(C)c4c3-n3cccc3)CC2)c1. The van der Waals surface area contributed by atoms with Crippen LogP contribution in [0.3, 0.4) is 0 Å². The van der Waals surface area contributed by atoms with Gasteiger partial charge < -0.3 is 14.4 Å². The molecule has 5 rings (SSSR count). The Kier molecular flexibility index (Phi) is 5.25. The molecule has 4 heterocycles. The fraction of sp³-hybridized carbons (Fsp3) is 0.308. The summed E-state index contributed by atoms with van der Waals surface area (Å²) < 4.78 is 2.06.